The smallest absolute Gasteiger partial charge is 0.358 e. The van der Waals surface area contributed by atoms with Crippen molar-refractivity contribution in [1.82, 2.24) is 9.78 Å². The van der Waals surface area contributed by atoms with Crippen molar-refractivity contribution < 1.29 is 14.3 Å². The van der Waals surface area contributed by atoms with Crippen LogP contribution in [0.5, 0.6) is 0 Å². The molecule has 0 atom stereocenters. The average Bonchev–Trinajstić information content (AvgIpc) is 2.52. The topological polar surface area (TPSA) is 53.4 Å². The van der Waals surface area contributed by atoms with Gasteiger partial charge in [0.25, 0.3) is 0 Å². The average molecular weight is 212 g/mol. The molecule has 1 heterocycles. The molecule has 0 aliphatic heterocycles. The van der Waals surface area contributed by atoms with Gasteiger partial charge in [-0.15, -0.1) is 0 Å². The molecular weight excluding hydrogens is 196 g/mol. The Labute approximate surface area is 89.0 Å². The Morgan fingerprint density at radius 1 is 1.47 bits per heavy atom. The summed E-state index contributed by atoms with van der Waals surface area (Å²) in [6.45, 7) is 2.49. The Kier molecular flexibility index (Phi) is 3.85. The number of aryl methyl sites for hydroxylation is 1. The standard InChI is InChI=1S/C10H16N2O3/c1-7-8(5-6-14-3)9(10(13)15-4)11-12(7)2/h5-6H2,1-4H3. The summed E-state index contributed by atoms with van der Waals surface area (Å²) in [5, 5.41) is 4.12. The number of ether oxygens (including phenoxy) is 2. The SMILES string of the molecule is COCCc1c(C(=O)OC)nn(C)c1C. The van der Waals surface area contributed by atoms with Gasteiger partial charge in [0.2, 0.25) is 0 Å². The maximum atomic E-state index is 11.4. The van der Waals surface area contributed by atoms with E-state index in [2.05, 4.69) is 9.84 Å². The molecule has 5 heteroatoms. The van der Waals surface area contributed by atoms with E-state index < -0.39 is 5.97 Å². The van der Waals surface area contributed by atoms with E-state index in [9.17, 15) is 4.79 Å². The van der Waals surface area contributed by atoms with Crippen molar-refractivity contribution in [2.45, 2.75) is 13.3 Å². The fourth-order valence-electron chi connectivity index (χ4n) is 1.42. The van der Waals surface area contributed by atoms with Gasteiger partial charge in [0.15, 0.2) is 5.69 Å². The molecule has 5 nitrogen and oxygen atoms in total. The van der Waals surface area contributed by atoms with Crippen molar-refractivity contribution in [3.63, 3.8) is 0 Å². The lowest BCUT2D eigenvalue weighted by Crippen LogP contribution is -2.07. The summed E-state index contributed by atoms with van der Waals surface area (Å²) in [6, 6.07) is 0. The van der Waals surface area contributed by atoms with E-state index in [0.717, 1.165) is 11.3 Å². The highest BCUT2D eigenvalue weighted by Gasteiger charge is 2.19. The molecular formula is C10H16N2O3. The van der Waals surface area contributed by atoms with Gasteiger partial charge in [0.1, 0.15) is 0 Å². The van der Waals surface area contributed by atoms with Crippen LogP contribution in [0.25, 0.3) is 0 Å². The Morgan fingerprint density at radius 2 is 2.13 bits per heavy atom. The van der Waals surface area contributed by atoms with Crippen molar-refractivity contribution >= 4 is 5.97 Å². The highest BCUT2D eigenvalue weighted by Crippen LogP contribution is 2.14. The van der Waals surface area contributed by atoms with Crippen LogP contribution >= 0.6 is 0 Å². The third-order valence-corrected chi connectivity index (χ3v) is 2.39. The predicted molar refractivity (Wildman–Crippen MR) is 54.9 cm³/mol. The maximum absolute atomic E-state index is 11.4. The lowest BCUT2D eigenvalue weighted by atomic mass is 10.1. The minimum atomic E-state index is -0.398. The van der Waals surface area contributed by atoms with Crippen LogP contribution < -0.4 is 0 Å². The third-order valence-electron chi connectivity index (χ3n) is 2.39. The Bertz CT molecular complexity index is 358. The zero-order chi connectivity index (χ0) is 11.4. The molecule has 0 aliphatic rings. The highest BCUT2D eigenvalue weighted by molar-refractivity contribution is 5.89. The first-order valence-corrected chi connectivity index (χ1v) is 4.71. The molecule has 0 unspecified atom stereocenters. The molecule has 0 radical (unpaired) electrons. The Balaban J connectivity index is 3.03. The summed E-state index contributed by atoms with van der Waals surface area (Å²) in [5.74, 6) is -0.398. The minimum absolute atomic E-state index is 0.384. The van der Waals surface area contributed by atoms with Crippen LogP contribution in [0, 0.1) is 6.92 Å². The van der Waals surface area contributed by atoms with Crippen molar-refractivity contribution in [2.75, 3.05) is 20.8 Å². The molecule has 0 fully saturated rings. The quantitative estimate of drug-likeness (QED) is 0.689. The summed E-state index contributed by atoms with van der Waals surface area (Å²) < 4.78 is 11.3. The Hall–Kier alpha value is -1.36. The number of esters is 1. The molecule has 15 heavy (non-hydrogen) atoms. The van der Waals surface area contributed by atoms with Crippen LogP contribution in [0.3, 0.4) is 0 Å². The second-order valence-electron chi connectivity index (χ2n) is 3.27. The molecule has 0 aromatic carbocycles. The van der Waals surface area contributed by atoms with E-state index in [0.29, 0.717) is 18.7 Å². The van der Waals surface area contributed by atoms with Crippen LogP contribution in [0.2, 0.25) is 0 Å². The van der Waals surface area contributed by atoms with E-state index in [1.807, 2.05) is 6.92 Å². The summed E-state index contributed by atoms with van der Waals surface area (Å²) in [5.41, 5.74) is 2.24. The number of carbonyl (C=O) groups excluding carboxylic acids is 1. The van der Waals surface area contributed by atoms with E-state index in [-0.39, 0.29) is 0 Å². The fraction of sp³-hybridized carbons (Fsp3) is 0.600. The normalized spacial score (nSPS) is 10.4. The van der Waals surface area contributed by atoms with Crippen LogP contribution in [0.1, 0.15) is 21.7 Å². The van der Waals surface area contributed by atoms with Crippen LogP contribution in [-0.4, -0.2) is 36.6 Å². The van der Waals surface area contributed by atoms with E-state index in [1.54, 1.807) is 18.8 Å². The molecule has 0 N–H and O–H groups in total. The second-order valence-corrected chi connectivity index (χ2v) is 3.27. The van der Waals surface area contributed by atoms with Gasteiger partial charge in [0.05, 0.1) is 13.7 Å². The highest BCUT2D eigenvalue weighted by atomic mass is 16.5. The number of nitrogens with zero attached hydrogens (tertiary/aromatic N) is 2. The first-order valence-electron chi connectivity index (χ1n) is 4.71. The van der Waals surface area contributed by atoms with Gasteiger partial charge >= 0.3 is 5.97 Å². The van der Waals surface area contributed by atoms with E-state index in [1.165, 1.54) is 7.11 Å². The van der Waals surface area contributed by atoms with Gasteiger partial charge in [-0.3, -0.25) is 4.68 Å². The van der Waals surface area contributed by atoms with Crippen molar-refractivity contribution in [3.05, 3.63) is 17.0 Å². The van der Waals surface area contributed by atoms with Gasteiger partial charge < -0.3 is 9.47 Å². The molecule has 0 spiro atoms. The molecule has 84 valence electrons. The number of hydrogen-bond donors (Lipinski definition) is 0. The fourth-order valence-corrected chi connectivity index (χ4v) is 1.42. The maximum Gasteiger partial charge on any atom is 0.358 e. The van der Waals surface area contributed by atoms with Gasteiger partial charge in [-0.1, -0.05) is 0 Å². The first kappa shape index (κ1) is 11.7. The van der Waals surface area contributed by atoms with Crippen molar-refractivity contribution in [3.8, 4) is 0 Å². The second kappa shape index (κ2) is 4.93. The molecule has 0 bridgehead atoms. The molecule has 1 aromatic heterocycles. The van der Waals surface area contributed by atoms with Crippen LogP contribution in [0.4, 0.5) is 0 Å². The molecule has 0 aliphatic carbocycles. The Morgan fingerprint density at radius 3 is 2.67 bits per heavy atom. The van der Waals surface area contributed by atoms with Gasteiger partial charge in [-0.2, -0.15) is 5.10 Å². The van der Waals surface area contributed by atoms with Crippen LogP contribution in [-0.2, 0) is 22.9 Å². The molecule has 0 saturated carbocycles. The van der Waals surface area contributed by atoms with Gasteiger partial charge in [-0.05, 0) is 6.92 Å². The van der Waals surface area contributed by atoms with E-state index >= 15 is 0 Å². The third kappa shape index (κ3) is 2.36. The van der Waals surface area contributed by atoms with Crippen molar-refractivity contribution in [2.24, 2.45) is 7.05 Å². The summed E-state index contributed by atoms with van der Waals surface area (Å²) in [4.78, 5) is 11.4. The predicted octanol–water partition coefficient (Wildman–Crippen LogP) is 0.704. The molecule has 0 amide bonds. The lowest BCUT2D eigenvalue weighted by Gasteiger charge is -2.01. The van der Waals surface area contributed by atoms with Gasteiger partial charge in [0, 0.05) is 31.8 Å². The summed E-state index contributed by atoms with van der Waals surface area (Å²) >= 11 is 0. The number of carbonyl (C=O) groups is 1. The minimum Gasteiger partial charge on any atom is -0.464 e. The number of methoxy groups -OCH3 is 2. The summed E-state index contributed by atoms with van der Waals surface area (Å²) in [7, 11) is 4.79. The number of hydrogen-bond acceptors (Lipinski definition) is 4. The summed E-state index contributed by atoms with van der Waals surface area (Å²) in [6.07, 6.45) is 0.667. The van der Waals surface area contributed by atoms with E-state index in [4.69, 9.17) is 4.74 Å². The zero-order valence-electron chi connectivity index (χ0n) is 9.53. The molecule has 1 aromatic rings. The molecule has 0 saturated heterocycles. The molecule has 1 rings (SSSR count). The monoisotopic (exact) mass is 212 g/mol. The number of rotatable bonds is 4. The largest absolute Gasteiger partial charge is 0.464 e. The van der Waals surface area contributed by atoms with Gasteiger partial charge in [-0.25, -0.2) is 4.79 Å². The van der Waals surface area contributed by atoms with Crippen molar-refractivity contribution in [1.29, 1.82) is 0 Å². The van der Waals surface area contributed by atoms with Crippen LogP contribution in [0.15, 0.2) is 0 Å². The zero-order valence-corrected chi connectivity index (χ0v) is 9.53. The number of aromatic nitrogens is 2. The lowest BCUT2D eigenvalue weighted by molar-refractivity contribution is 0.0591. The first-order chi connectivity index (χ1) is 7.11.